The topological polar surface area (TPSA) is 95.7 Å². The highest BCUT2D eigenvalue weighted by molar-refractivity contribution is 5.70. The third kappa shape index (κ3) is 16.6. The van der Waals surface area contributed by atoms with Crippen LogP contribution in [0.2, 0.25) is 0 Å². The summed E-state index contributed by atoms with van der Waals surface area (Å²) in [5.74, 6) is -0.924. The minimum atomic E-state index is -1.28. The van der Waals surface area contributed by atoms with E-state index in [0.717, 1.165) is 25.7 Å². The van der Waals surface area contributed by atoms with Crippen LogP contribution >= 0.6 is 0 Å². The summed E-state index contributed by atoms with van der Waals surface area (Å²) >= 11 is 0. The van der Waals surface area contributed by atoms with Gasteiger partial charge < -0.3 is 9.47 Å². The summed E-state index contributed by atoms with van der Waals surface area (Å²) < 4.78 is 9.30. The van der Waals surface area contributed by atoms with Crippen molar-refractivity contribution in [3.63, 3.8) is 0 Å². The lowest BCUT2D eigenvalue weighted by Gasteiger charge is -2.25. The van der Waals surface area contributed by atoms with Crippen molar-refractivity contribution < 1.29 is 24.0 Å². The summed E-state index contributed by atoms with van der Waals surface area (Å²) in [4.78, 5) is 34.7. The van der Waals surface area contributed by atoms with E-state index in [1.807, 2.05) is 0 Å². The number of carbonyl (C=O) groups is 2. The molecule has 0 atom stereocenters. The highest BCUT2D eigenvalue weighted by Crippen LogP contribution is 2.30. The Balaban J connectivity index is 4.09. The molecule has 0 aromatic heterocycles. The van der Waals surface area contributed by atoms with Crippen LogP contribution in [-0.4, -0.2) is 36.6 Å². The molecule has 33 heavy (non-hydrogen) atoms. The number of ether oxygens (including phenoxy) is 2. The number of nitrogens with zero attached hydrogens (tertiary/aromatic N) is 1. The Kier molecular flexibility index (Phi) is 19.9. The van der Waals surface area contributed by atoms with E-state index in [-0.39, 0.29) is 30.6 Å². The second-order valence-corrected chi connectivity index (χ2v) is 9.33. The number of methoxy groups -OCH3 is 2. The largest absolute Gasteiger partial charge is 0.469 e. The molecule has 0 aliphatic rings. The fraction of sp³-hybridized carbons (Fsp3) is 0.923. The maximum Gasteiger partial charge on any atom is 0.305 e. The lowest BCUT2D eigenvalue weighted by Crippen LogP contribution is -2.39. The van der Waals surface area contributed by atoms with Gasteiger partial charge in [0.15, 0.2) is 0 Å². The number of carbonyl (C=O) groups excluding carboxylic acids is 2. The SMILES string of the molecule is CCCCCCCCCCCCCCCCCC(CCC(=O)OC)(CCC(=O)OC)[N+](=O)[O-]. The van der Waals surface area contributed by atoms with Gasteiger partial charge in [0.1, 0.15) is 0 Å². The molecule has 0 bridgehead atoms. The Hall–Kier alpha value is -1.66. The normalized spacial score (nSPS) is 11.4. The molecule has 0 N–H and O–H groups in total. The molecule has 0 radical (unpaired) electrons. The molecule has 7 heteroatoms. The molecule has 0 saturated carbocycles. The first-order chi connectivity index (χ1) is 15.9. The molecule has 0 aromatic rings. The van der Waals surface area contributed by atoms with E-state index in [0.29, 0.717) is 6.42 Å². The van der Waals surface area contributed by atoms with Crippen molar-refractivity contribution in [2.24, 2.45) is 0 Å². The molecule has 0 aliphatic heterocycles. The summed E-state index contributed by atoms with van der Waals surface area (Å²) in [5, 5.41) is 11.9. The molecule has 0 amide bonds. The quantitative estimate of drug-likeness (QED) is 0.0678. The number of nitro groups is 1. The van der Waals surface area contributed by atoms with Gasteiger partial charge in [-0.25, -0.2) is 0 Å². The first-order valence-electron chi connectivity index (χ1n) is 13.2. The highest BCUT2D eigenvalue weighted by Gasteiger charge is 2.42. The lowest BCUT2D eigenvalue weighted by molar-refractivity contribution is -0.574. The molecule has 0 spiro atoms. The van der Waals surface area contributed by atoms with Crippen LogP contribution in [0.3, 0.4) is 0 Å². The van der Waals surface area contributed by atoms with Gasteiger partial charge in [-0.2, -0.15) is 0 Å². The Morgan fingerprint density at radius 2 is 0.970 bits per heavy atom. The molecule has 0 unspecified atom stereocenters. The Morgan fingerprint density at radius 1 is 0.636 bits per heavy atom. The van der Waals surface area contributed by atoms with E-state index in [4.69, 9.17) is 0 Å². The minimum Gasteiger partial charge on any atom is -0.469 e. The molecule has 0 aliphatic carbocycles. The molecule has 0 rings (SSSR count). The van der Waals surface area contributed by atoms with Crippen LogP contribution in [0.4, 0.5) is 0 Å². The number of esters is 2. The predicted octanol–water partition coefficient (Wildman–Crippen LogP) is 7.17. The zero-order valence-corrected chi connectivity index (χ0v) is 21.5. The molecular weight excluding hydrogens is 422 g/mol. The number of hydrogen-bond acceptors (Lipinski definition) is 6. The molecule has 0 heterocycles. The van der Waals surface area contributed by atoms with Gasteiger partial charge in [-0.15, -0.1) is 0 Å². The predicted molar refractivity (Wildman–Crippen MR) is 132 cm³/mol. The van der Waals surface area contributed by atoms with Gasteiger partial charge in [0.2, 0.25) is 5.54 Å². The Bertz CT molecular complexity index is 503. The van der Waals surface area contributed by atoms with Crippen LogP contribution in [0.15, 0.2) is 0 Å². The van der Waals surface area contributed by atoms with Crippen LogP contribution in [0.1, 0.15) is 135 Å². The van der Waals surface area contributed by atoms with E-state index >= 15 is 0 Å². The zero-order valence-electron chi connectivity index (χ0n) is 21.5. The average molecular weight is 472 g/mol. The van der Waals surface area contributed by atoms with Crippen molar-refractivity contribution in [2.45, 2.75) is 141 Å². The first-order valence-corrected chi connectivity index (χ1v) is 13.2. The van der Waals surface area contributed by atoms with Gasteiger partial charge in [0.25, 0.3) is 0 Å². The van der Waals surface area contributed by atoms with Crippen LogP contribution in [0.25, 0.3) is 0 Å². The number of rotatable bonds is 23. The maximum atomic E-state index is 11.9. The maximum absolute atomic E-state index is 11.9. The molecule has 0 aromatic carbocycles. The summed E-state index contributed by atoms with van der Waals surface area (Å²) in [6.45, 7) is 2.25. The van der Waals surface area contributed by atoms with E-state index in [1.165, 1.54) is 84.8 Å². The van der Waals surface area contributed by atoms with Gasteiger partial charge in [-0.3, -0.25) is 19.7 Å². The van der Waals surface area contributed by atoms with Crippen molar-refractivity contribution >= 4 is 11.9 Å². The number of unbranched alkanes of at least 4 members (excludes halogenated alkanes) is 14. The van der Waals surface area contributed by atoms with Crippen molar-refractivity contribution in [3.05, 3.63) is 10.1 Å². The highest BCUT2D eigenvalue weighted by atomic mass is 16.6. The fourth-order valence-electron chi connectivity index (χ4n) is 4.35. The zero-order chi connectivity index (χ0) is 24.8. The van der Waals surface area contributed by atoms with Gasteiger partial charge in [0, 0.05) is 24.2 Å². The Labute approximate surface area is 201 Å². The molecule has 0 fully saturated rings. The van der Waals surface area contributed by atoms with Crippen molar-refractivity contribution in [1.82, 2.24) is 0 Å². The molecule has 194 valence electrons. The van der Waals surface area contributed by atoms with Gasteiger partial charge in [0.05, 0.1) is 27.1 Å². The van der Waals surface area contributed by atoms with Gasteiger partial charge >= 0.3 is 11.9 Å². The van der Waals surface area contributed by atoms with E-state index in [9.17, 15) is 19.7 Å². The van der Waals surface area contributed by atoms with Crippen LogP contribution in [-0.2, 0) is 19.1 Å². The van der Waals surface area contributed by atoms with Gasteiger partial charge in [-0.05, 0) is 6.42 Å². The van der Waals surface area contributed by atoms with Gasteiger partial charge in [-0.1, -0.05) is 96.8 Å². The van der Waals surface area contributed by atoms with Crippen molar-refractivity contribution in [3.8, 4) is 0 Å². The van der Waals surface area contributed by atoms with Crippen molar-refractivity contribution in [2.75, 3.05) is 14.2 Å². The van der Waals surface area contributed by atoms with Crippen LogP contribution in [0.5, 0.6) is 0 Å². The third-order valence-corrected chi connectivity index (χ3v) is 6.68. The minimum absolute atomic E-state index is 0.0165. The second-order valence-electron chi connectivity index (χ2n) is 9.33. The monoisotopic (exact) mass is 471 g/mol. The lowest BCUT2D eigenvalue weighted by atomic mass is 9.83. The van der Waals surface area contributed by atoms with E-state index in [2.05, 4.69) is 16.4 Å². The van der Waals surface area contributed by atoms with E-state index in [1.54, 1.807) is 0 Å². The van der Waals surface area contributed by atoms with Crippen LogP contribution in [0, 0.1) is 10.1 Å². The first kappa shape index (κ1) is 31.3. The fourth-order valence-corrected chi connectivity index (χ4v) is 4.35. The summed E-state index contributed by atoms with van der Waals surface area (Å²) in [5.41, 5.74) is -1.28. The Morgan fingerprint density at radius 3 is 1.27 bits per heavy atom. The smallest absolute Gasteiger partial charge is 0.305 e. The molecule has 7 nitrogen and oxygen atoms in total. The summed E-state index contributed by atoms with van der Waals surface area (Å²) in [7, 11) is 2.55. The summed E-state index contributed by atoms with van der Waals surface area (Å²) in [6.07, 6.45) is 19.1. The van der Waals surface area contributed by atoms with E-state index < -0.39 is 17.5 Å². The third-order valence-electron chi connectivity index (χ3n) is 6.68. The second kappa shape index (κ2) is 20.9. The standard InChI is InChI=1S/C26H49NO6/c1-4-5-6-7-8-9-10-11-12-13-14-15-16-17-18-21-26(27(30)31,22-19-24(28)32-2)23-20-25(29)33-3/h4-23H2,1-3H3. The molecular formula is C26H49NO6. The van der Waals surface area contributed by atoms with Crippen molar-refractivity contribution in [1.29, 1.82) is 0 Å². The molecule has 0 saturated heterocycles. The number of hydrogen-bond donors (Lipinski definition) is 0. The summed E-state index contributed by atoms with van der Waals surface area (Å²) in [6, 6.07) is 0. The van der Waals surface area contributed by atoms with Crippen LogP contribution < -0.4 is 0 Å². The average Bonchev–Trinajstić information content (AvgIpc) is 2.82.